The Balaban J connectivity index is 0.00000304. The standard InChI is InChI=1S/C31H36NO3.BrH/c1-24-14-16-25(17-15-24)9-8-20-32-21-18-26(19-22-32)29(23-32)35-30(33)31(34,27-10-4-2-5-11-27)28-12-6-3-7-13-28;/h2-7,10-17,26,29,34H,8-9,18-23H2,1H3;1H/q+1;/p-1. The molecule has 36 heavy (non-hydrogen) atoms. The minimum Gasteiger partial charge on any atom is -1.00 e. The van der Waals surface area contributed by atoms with Gasteiger partial charge in [-0.15, -0.1) is 0 Å². The zero-order chi connectivity index (χ0) is 24.3. The van der Waals surface area contributed by atoms with Crippen LogP contribution in [-0.4, -0.2) is 47.8 Å². The summed E-state index contributed by atoms with van der Waals surface area (Å²) in [7, 11) is 0. The molecule has 0 aliphatic carbocycles. The van der Waals surface area contributed by atoms with E-state index in [9.17, 15) is 9.90 Å². The molecule has 0 saturated carbocycles. The SMILES string of the molecule is Cc1ccc(CCC[N+]23CCC(CC2)C(OC(=O)C(O)(c2ccccc2)c2ccccc2)C3)cc1.[Br-]. The number of esters is 1. The van der Waals surface area contributed by atoms with Crippen LogP contribution in [-0.2, 0) is 21.6 Å². The lowest BCUT2D eigenvalue weighted by Gasteiger charge is -2.52. The largest absolute Gasteiger partial charge is 1.00 e. The number of piperidine rings is 3. The zero-order valence-electron chi connectivity index (χ0n) is 21.0. The van der Waals surface area contributed by atoms with Crippen LogP contribution in [0.5, 0.6) is 0 Å². The minimum absolute atomic E-state index is 0. The van der Waals surface area contributed by atoms with Crippen LogP contribution in [0.1, 0.15) is 41.5 Å². The fraction of sp³-hybridized carbons (Fsp3) is 0.387. The van der Waals surface area contributed by atoms with Gasteiger partial charge in [0.25, 0.3) is 0 Å². The second-order valence-electron chi connectivity index (χ2n) is 10.5. The van der Waals surface area contributed by atoms with E-state index in [0.29, 0.717) is 17.0 Å². The number of carbonyl (C=O) groups is 1. The van der Waals surface area contributed by atoms with Gasteiger partial charge in [-0.2, -0.15) is 0 Å². The molecule has 2 bridgehead atoms. The molecule has 5 heteroatoms. The highest BCUT2D eigenvalue weighted by Gasteiger charge is 2.50. The first-order valence-electron chi connectivity index (χ1n) is 12.9. The monoisotopic (exact) mass is 549 g/mol. The van der Waals surface area contributed by atoms with Crippen LogP contribution in [0.25, 0.3) is 0 Å². The van der Waals surface area contributed by atoms with Crippen molar-refractivity contribution < 1.29 is 36.1 Å². The molecule has 3 aromatic carbocycles. The van der Waals surface area contributed by atoms with Crippen molar-refractivity contribution >= 4 is 5.97 Å². The fourth-order valence-corrected chi connectivity index (χ4v) is 6.03. The average molecular weight is 551 g/mol. The van der Waals surface area contributed by atoms with Gasteiger partial charge in [0.15, 0.2) is 6.10 Å². The smallest absolute Gasteiger partial charge is 0.348 e. The van der Waals surface area contributed by atoms with Crippen LogP contribution in [0.2, 0.25) is 0 Å². The number of quaternary nitrogens is 1. The van der Waals surface area contributed by atoms with Gasteiger partial charge >= 0.3 is 5.97 Å². The number of nitrogens with zero attached hydrogens (tertiary/aromatic N) is 1. The van der Waals surface area contributed by atoms with E-state index in [1.54, 1.807) is 24.3 Å². The quantitative estimate of drug-likeness (QED) is 0.345. The third-order valence-corrected chi connectivity index (χ3v) is 8.20. The highest BCUT2D eigenvalue weighted by Crippen LogP contribution is 2.38. The first kappa shape index (κ1) is 26.6. The third kappa shape index (κ3) is 5.44. The maximum Gasteiger partial charge on any atom is 0.348 e. The number of aliphatic hydroxyl groups is 1. The fourth-order valence-electron chi connectivity index (χ4n) is 6.03. The molecule has 3 aliphatic rings. The van der Waals surface area contributed by atoms with Gasteiger partial charge in [0.05, 0.1) is 19.6 Å². The highest BCUT2D eigenvalue weighted by molar-refractivity contribution is 5.85. The van der Waals surface area contributed by atoms with E-state index in [1.807, 2.05) is 36.4 Å². The molecule has 0 aromatic heterocycles. The van der Waals surface area contributed by atoms with Gasteiger partial charge in [0.1, 0.15) is 6.54 Å². The normalized spacial score (nSPS) is 23.1. The Morgan fingerprint density at radius 3 is 2.03 bits per heavy atom. The van der Waals surface area contributed by atoms with Crippen LogP contribution in [0.4, 0.5) is 0 Å². The number of benzene rings is 3. The van der Waals surface area contributed by atoms with Crippen LogP contribution >= 0.6 is 0 Å². The van der Waals surface area contributed by atoms with Gasteiger partial charge in [-0.3, -0.25) is 0 Å². The molecule has 6 rings (SSSR count). The number of fused-ring (bicyclic) bond motifs is 3. The maximum absolute atomic E-state index is 13.7. The summed E-state index contributed by atoms with van der Waals surface area (Å²) in [5.74, 6) is -0.182. The van der Waals surface area contributed by atoms with Crippen LogP contribution in [0.15, 0.2) is 84.9 Å². The Bertz CT molecular complexity index is 1090. The number of carbonyl (C=O) groups excluding carboxylic acids is 1. The predicted octanol–water partition coefficient (Wildman–Crippen LogP) is 2.02. The second kappa shape index (κ2) is 11.3. The summed E-state index contributed by atoms with van der Waals surface area (Å²) in [5.41, 5.74) is 1.95. The topological polar surface area (TPSA) is 46.5 Å². The summed E-state index contributed by atoms with van der Waals surface area (Å²) in [6.07, 6.45) is 4.22. The van der Waals surface area contributed by atoms with E-state index in [1.165, 1.54) is 11.1 Å². The minimum atomic E-state index is -1.81. The molecule has 3 aromatic rings. The van der Waals surface area contributed by atoms with Gasteiger partial charge in [-0.05, 0) is 30.0 Å². The maximum atomic E-state index is 13.7. The summed E-state index contributed by atoms with van der Waals surface area (Å²) >= 11 is 0. The highest BCUT2D eigenvalue weighted by atomic mass is 79.9. The Morgan fingerprint density at radius 1 is 0.917 bits per heavy atom. The van der Waals surface area contributed by atoms with Gasteiger partial charge in [0, 0.05) is 25.2 Å². The molecule has 3 saturated heterocycles. The molecule has 1 unspecified atom stereocenters. The van der Waals surface area contributed by atoms with Crippen LogP contribution in [0, 0.1) is 12.8 Å². The lowest BCUT2D eigenvalue weighted by molar-refractivity contribution is -0.946. The molecule has 0 amide bonds. The average Bonchev–Trinajstić information content (AvgIpc) is 2.91. The third-order valence-electron chi connectivity index (χ3n) is 8.20. The van der Waals surface area contributed by atoms with Crippen molar-refractivity contribution in [2.45, 2.75) is 44.3 Å². The Kier molecular flexibility index (Phi) is 8.34. The van der Waals surface area contributed by atoms with E-state index in [0.717, 1.165) is 56.3 Å². The summed E-state index contributed by atoms with van der Waals surface area (Å²) in [6, 6.07) is 27.2. The van der Waals surface area contributed by atoms with Crippen molar-refractivity contribution in [3.05, 3.63) is 107 Å². The van der Waals surface area contributed by atoms with Crippen LogP contribution < -0.4 is 17.0 Å². The van der Waals surface area contributed by atoms with E-state index >= 15 is 0 Å². The number of aryl methyl sites for hydroxylation is 2. The Morgan fingerprint density at radius 2 is 1.47 bits per heavy atom. The van der Waals surface area contributed by atoms with Crippen molar-refractivity contribution in [3.8, 4) is 0 Å². The van der Waals surface area contributed by atoms with Gasteiger partial charge in [-0.1, -0.05) is 90.5 Å². The van der Waals surface area contributed by atoms with Crippen molar-refractivity contribution in [3.63, 3.8) is 0 Å². The molecule has 190 valence electrons. The van der Waals surface area contributed by atoms with Gasteiger partial charge in [0.2, 0.25) is 5.60 Å². The Labute approximate surface area is 225 Å². The summed E-state index contributed by atoms with van der Waals surface area (Å²) in [6.45, 7) is 6.40. The summed E-state index contributed by atoms with van der Waals surface area (Å²) < 4.78 is 7.22. The predicted molar refractivity (Wildman–Crippen MR) is 138 cm³/mol. The number of ether oxygens (including phenoxy) is 1. The van der Waals surface area contributed by atoms with Crippen molar-refractivity contribution in [2.24, 2.45) is 5.92 Å². The molecule has 3 fully saturated rings. The Hall–Kier alpha value is -2.47. The lowest BCUT2D eigenvalue weighted by atomic mass is 9.82. The zero-order valence-corrected chi connectivity index (χ0v) is 22.6. The number of rotatable bonds is 8. The van der Waals surface area contributed by atoms with Gasteiger partial charge < -0.3 is 31.3 Å². The number of hydrogen-bond donors (Lipinski definition) is 1. The van der Waals surface area contributed by atoms with E-state index in [-0.39, 0.29) is 23.1 Å². The molecule has 4 nitrogen and oxygen atoms in total. The number of hydrogen-bond acceptors (Lipinski definition) is 3. The molecule has 3 aliphatic heterocycles. The van der Waals surface area contributed by atoms with Crippen molar-refractivity contribution in [2.75, 3.05) is 26.2 Å². The molecule has 0 spiro atoms. The van der Waals surface area contributed by atoms with Crippen LogP contribution in [0.3, 0.4) is 0 Å². The molecule has 1 atom stereocenters. The lowest BCUT2D eigenvalue weighted by Crippen LogP contribution is -3.00. The molecule has 3 heterocycles. The first-order valence-corrected chi connectivity index (χ1v) is 12.9. The summed E-state index contributed by atoms with van der Waals surface area (Å²) in [5, 5.41) is 11.8. The van der Waals surface area contributed by atoms with E-state index in [2.05, 4.69) is 31.2 Å². The molecular weight excluding hydrogens is 514 g/mol. The van der Waals surface area contributed by atoms with Gasteiger partial charge in [-0.25, -0.2) is 4.79 Å². The van der Waals surface area contributed by atoms with Crippen molar-refractivity contribution in [1.82, 2.24) is 0 Å². The molecular formula is C31H36BrNO3. The van der Waals surface area contributed by atoms with Crippen molar-refractivity contribution in [1.29, 1.82) is 0 Å². The second-order valence-corrected chi connectivity index (χ2v) is 10.5. The van der Waals surface area contributed by atoms with E-state index < -0.39 is 11.6 Å². The van der Waals surface area contributed by atoms with E-state index in [4.69, 9.17) is 4.74 Å². The first-order chi connectivity index (χ1) is 17.0. The summed E-state index contributed by atoms with van der Waals surface area (Å²) in [4.78, 5) is 13.7. The number of halogens is 1. The molecule has 0 radical (unpaired) electrons. The molecule has 1 N–H and O–H groups in total.